The number of rotatable bonds is 7. The molecule has 204 valence electrons. The fraction of sp³-hybridized carbons (Fsp3) is 0.300. The molecule has 1 saturated heterocycles. The minimum Gasteiger partial charge on any atom is -0.378 e. The number of amides is 3. The van der Waals surface area contributed by atoms with E-state index in [2.05, 4.69) is 5.32 Å². The number of primary amides is 1. The third-order valence-corrected chi connectivity index (χ3v) is 7.43. The summed E-state index contributed by atoms with van der Waals surface area (Å²) < 4.78 is 27.8. The first-order valence-corrected chi connectivity index (χ1v) is 12.7. The van der Waals surface area contributed by atoms with E-state index < -0.39 is 53.1 Å². The molecule has 5 atom stereocenters. The molecule has 0 unspecified atom stereocenters. The van der Waals surface area contributed by atoms with Crippen LogP contribution in [0.2, 0.25) is 0 Å². The van der Waals surface area contributed by atoms with E-state index in [0.29, 0.717) is 12.5 Å². The monoisotopic (exact) mass is 535 g/mol. The van der Waals surface area contributed by atoms with Gasteiger partial charge in [-0.25, -0.2) is 8.78 Å². The average molecular weight is 536 g/mol. The van der Waals surface area contributed by atoms with Crippen molar-refractivity contribution in [1.29, 1.82) is 0 Å². The van der Waals surface area contributed by atoms with Gasteiger partial charge in [-0.05, 0) is 61.4 Å². The van der Waals surface area contributed by atoms with E-state index in [-0.39, 0.29) is 17.9 Å². The number of nitrogens with zero attached hydrogens (tertiary/aromatic N) is 1. The highest BCUT2D eigenvalue weighted by Crippen LogP contribution is 2.41. The lowest BCUT2D eigenvalue weighted by molar-refractivity contribution is -0.159. The minimum atomic E-state index is -2.05. The Kier molecular flexibility index (Phi) is 8.11. The van der Waals surface area contributed by atoms with Gasteiger partial charge in [-0.3, -0.25) is 14.4 Å². The fourth-order valence-electron chi connectivity index (χ4n) is 5.40. The maximum atomic E-state index is 14.0. The van der Waals surface area contributed by atoms with Gasteiger partial charge in [0.05, 0.1) is 6.04 Å². The van der Waals surface area contributed by atoms with E-state index in [1.807, 2.05) is 60.7 Å². The maximum absolute atomic E-state index is 14.0. The maximum Gasteiger partial charge on any atom is 0.257 e. The molecule has 0 spiro atoms. The molecule has 1 aliphatic heterocycles. The van der Waals surface area contributed by atoms with Gasteiger partial charge in [0.25, 0.3) is 5.91 Å². The van der Waals surface area contributed by atoms with E-state index in [9.17, 15) is 28.3 Å². The molecule has 39 heavy (non-hydrogen) atoms. The molecule has 0 aromatic heterocycles. The summed E-state index contributed by atoms with van der Waals surface area (Å²) in [6.07, 6.45) is -1.45. The number of carbonyl (C=O) groups is 3. The van der Waals surface area contributed by atoms with Gasteiger partial charge in [-0.15, -0.1) is 0 Å². The van der Waals surface area contributed by atoms with Crippen molar-refractivity contribution in [1.82, 2.24) is 10.2 Å². The van der Waals surface area contributed by atoms with Crippen LogP contribution in [0.3, 0.4) is 0 Å². The second kappa shape index (κ2) is 11.3. The van der Waals surface area contributed by atoms with Crippen LogP contribution in [0, 0.1) is 11.6 Å². The standard InChI is InChI=1S/C30H31F2N3O4/c1-18(27(33)37)35(28(38)26(36)21-13-23(31)16-24(32)14-21)30(2)17-22(19-9-5-3-6-10-19)15-25(34-29(30)39)20-11-7-4-8-12-20/h3-14,16,18,22,25-26,36H,15,17H2,1-2H3,(H2,33,37)(H,34,39)/t18-,22+,25-,26-,30-/m0/s1. The van der Waals surface area contributed by atoms with Gasteiger partial charge in [0.15, 0.2) is 6.10 Å². The first-order valence-electron chi connectivity index (χ1n) is 12.7. The second-order valence-corrected chi connectivity index (χ2v) is 10.1. The highest BCUT2D eigenvalue weighted by atomic mass is 19.1. The summed E-state index contributed by atoms with van der Waals surface area (Å²) in [5.74, 6) is -4.75. The molecule has 3 aromatic rings. The molecule has 0 bridgehead atoms. The van der Waals surface area contributed by atoms with Crippen LogP contribution >= 0.6 is 0 Å². The largest absolute Gasteiger partial charge is 0.378 e. The Morgan fingerprint density at radius 2 is 1.54 bits per heavy atom. The van der Waals surface area contributed by atoms with Crippen molar-refractivity contribution >= 4 is 17.7 Å². The van der Waals surface area contributed by atoms with Crippen molar-refractivity contribution in [2.45, 2.75) is 56.3 Å². The summed E-state index contributed by atoms with van der Waals surface area (Å²) >= 11 is 0. The van der Waals surface area contributed by atoms with E-state index in [0.717, 1.165) is 28.2 Å². The molecule has 0 saturated carbocycles. The lowest BCUT2D eigenvalue weighted by Gasteiger charge is -2.44. The number of carbonyl (C=O) groups excluding carboxylic acids is 3. The number of aliphatic hydroxyl groups excluding tert-OH is 1. The molecular formula is C30H31F2N3O4. The number of hydrogen-bond acceptors (Lipinski definition) is 4. The third kappa shape index (κ3) is 5.83. The molecule has 1 aliphatic rings. The first kappa shape index (κ1) is 27.9. The van der Waals surface area contributed by atoms with Crippen molar-refractivity contribution in [3.8, 4) is 0 Å². The van der Waals surface area contributed by atoms with Crippen molar-refractivity contribution in [2.24, 2.45) is 5.73 Å². The molecule has 4 rings (SSSR count). The van der Waals surface area contributed by atoms with Crippen LogP contribution in [0.4, 0.5) is 8.78 Å². The van der Waals surface area contributed by atoms with E-state index in [1.165, 1.54) is 13.8 Å². The van der Waals surface area contributed by atoms with Crippen LogP contribution in [-0.2, 0) is 14.4 Å². The molecule has 9 heteroatoms. The summed E-state index contributed by atoms with van der Waals surface area (Å²) in [5, 5.41) is 14.0. The van der Waals surface area contributed by atoms with Gasteiger partial charge in [0, 0.05) is 6.07 Å². The number of nitrogens with two attached hydrogens (primary N) is 1. The molecule has 3 amide bonds. The Morgan fingerprint density at radius 1 is 1.00 bits per heavy atom. The minimum absolute atomic E-state index is 0.0970. The summed E-state index contributed by atoms with van der Waals surface area (Å²) in [7, 11) is 0. The average Bonchev–Trinajstić information content (AvgIpc) is 3.05. The summed E-state index contributed by atoms with van der Waals surface area (Å²) in [6, 6.07) is 19.4. The second-order valence-electron chi connectivity index (χ2n) is 10.1. The molecule has 1 heterocycles. The summed E-state index contributed by atoms with van der Waals surface area (Å²) in [4.78, 5) is 41.2. The normalized spacial score (nSPS) is 22.7. The number of aliphatic hydroxyl groups is 1. The van der Waals surface area contributed by atoms with Crippen molar-refractivity contribution in [3.63, 3.8) is 0 Å². The number of halogens is 2. The predicted molar refractivity (Wildman–Crippen MR) is 141 cm³/mol. The van der Waals surface area contributed by atoms with Gasteiger partial charge in [0.1, 0.15) is 23.2 Å². The Balaban J connectivity index is 1.81. The SMILES string of the molecule is C[C@@H](C(N)=O)N(C(=O)[C@@H](O)c1cc(F)cc(F)c1)[C@@]1(C)C[C@H](c2ccccc2)C[C@@H](c2ccccc2)NC1=O. The lowest BCUT2D eigenvalue weighted by atomic mass is 9.80. The molecule has 3 aromatic carbocycles. The Labute approximate surface area is 225 Å². The Morgan fingerprint density at radius 3 is 2.08 bits per heavy atom. The molecule has 4 N–H and O–H groups in total. The predicted octanol–water partition coefficient (Wildman–Crippen LogP) is 3.89. The Bertz CT molecular complexity index is 1330. The highest BCUT2D eigenvalue weighted by molar-refractivity contribution is 5.96. The van der Waals surface area contributed by atoms with Crippen LogP contribution in [0.25, 0.3) is 0 Å². The molecular weight excluding hydrogens is 504 g/mol. The van der Waals surface area contributed by atoms with Crippen molar-refractivity contribution in [2.75, 3.05) is 0 Å². The van der Waals surface area contributed by atoms with Gasteiger partial charge in [0.2, 0.25) is 11.8 Å². The number of nitrogens with one attached hydrogen (secondary N) is 1. The zero-order valence-corrected chi connectivity index (χ0v) is 21.7. The quantitative estimate of drug-likeness (QED) is 0.426. The summed E-state index contributed by atoms with van der Waals surface area (Å²) in [5.41, 5.74) is 5.39. The van der Waals surface area contributed by atoms with Crippen molar-refractivity contribution in [3.05, 3.63) is 107 Å². The topological polar surface area (TPSA) is 113 Å². The number of hydrogen-bond donors (Lipinski definition) is 3. The molecule has 0 radical (unpaired) electrons. The number of benzene rings is 3. The van der Waals surface area contributed by atoms with Crippen LogP contribution in [0.1, 0.15) is 61.4 Å². The Hall–Kier alpha value is -4.11. The zero-order valence-electron chi connectivity index (χ0n) is 21.7. The highest BCUT2D eigenvalue weighted by Gasteiger charge is 2.51. The van der Waals surface area contributed by atoms with Gasteiger partial charge in [-0.2, -0.15) is 0 Å². The zero-order chi connectivity index (χ0) is 28.3. The molecule has 1 fully saturated rings. The molecule has 7 nitrogen and oxygen atoms in total. The fourth-order valence-corrected chi connectivity index (χ4v) is 5.40. The van der Waals surface area contributed by atoms with E-state index in [4.69, 9.17) is 5.73 Å². The van der Waals surface area contributed by atoms with E-state index >= 15 is 0 Å². The van der Waals surface area contributed by atoms with E-state index in [1.54, 1.807) is 0 Å². The van der Waals surface area contributed by atoms with Gasteiger partial charge >= 0.3 is 0 Å². The van der Waals surface area contributed by atoms with Crippen molar-refractivity contribution < 1.29 is 28.3 Å². The molecule has 0 aliphatic carbocycles. The van der Waals surface area contributed by atoms with Crippen LogP contribution in [0.15, 0.2) is 78.9 Å². The van der Waals surface area contributed by atoms with Gasteiger partial charge < -0.3 is 21.1 Å². The van der Waals surface area contributed by atoms with Crippen LogP contribution < -0.4 is 11.1 Å². The van der Waals surface area contributed by atoms with Crippen LogP contribution in [-0.4, -0.2) is 39.3 Å². The summed E-state index contributed by atoms with van der Waals surface area (Å²) in [6.45, 7) is 2.87. The van der Waals surface area contributed by atoms with Crippen LogP contribution in [0.5, 0.6) is 0 Å². The van der Waals surface area contributed by atoms with Gasteiger partial charge in [-0.1, -0.05) is 60.7 Å². The first-order chi connectivity index (χ1) is 18.5. The third-order valence-electron chi connectivity index (χ3n) is 7.43. The smallest absolute Gasteiger partial charge is 0.257 e. The lowest BCUT2D eigenvalue weighted by Crippen LogP contribution is -2.64.